The Hall–Kier alpha value is -2.41. The van der Waals surface area contributed by atoms with Crippen molar-refractivity contribution in [1.82, 2.24) is 20.1 Å². The lowest BCUT2D eigenvalue weighted by molar-refractivity contribution is -0.116. The molecule has 6 nitrogen and oxygen atoms in total. The molecule has 0 aliphatic heterocycles. The Morgan fingerprint density at radius 3 is 2.96 bits per heavy atom. The Morgan fingerprint density at radius 1 is 1.52 bits per heavy atom. The van der Waals surface area contributed by atoms with Gasteiger partial charge in [-0.3, -0.25) is 9.89 Å². The number of carbonyl (C=O) groups excluding carboxylic acids is 1. The topological polar surface area (TPSA) is 71.9 Å². The second-order valence-corrected chi connectivity index (χ2v) is 5.51. The molecule has 0 aliphatic rings. The molecule has 0 unspecified atom stereocenters. The van der Waals surface area contributed by atoms with Crippen LogP contribution in [0.2, 0.25) is 0 Å². The number of nitrogens with one attached hydrogen (secondary N) is 2. The molecule has 1 aromatic heterocycles. The smallest absolute Gasteiger partial charge is 0.244 e. The van der Waals surface area contributed by atoms with Crippen LogP contribution in [0.25, 0.3) is 6.08 Å². The number of benzene rings is 1. The summed E-state index contributed by atoms with van der Waals surface area (Å²) in [6, 6.07) is 5.82. The average molecular weight is 332 g/mol. The molecule has 0 saturated heterocycles. The Morgan fingerprint density at radius 2 is 2.30 bits per heavy atom. The van der Waals surface area contributed by atoms with Gasteiger partial charge in [0, 0.05) is 31.7 Å². The third-order valence-corrected chi connectivity index (χ3v) is 3.78. The number of methoxy groups -OCH3 is 1. The number of amides is 1. The van der Waals surface area contributed by atoms with Gasteiger partial charge < -0.3 is 14.6 Å². The van der Waals surface area contributed by atoms with Crippen molar-refractivity contribution in [2.75, 3.05) is 13.7 Å². The van der Waals surface area contributed by atoms with Gasteiger partial charge in [-0.2, -0.15) is 5.10 Å². The van der Waals surface area contributed by atoms with E-state index >= 15 is 0 Å². The van der Waals surface area contributed by atoms with Crippen LogP contribution in [0.4, 0.5) is 0 Å². The van der Waals surface area contributed by atoms with E-state index in [4.69, 9.17) is 17.0 Å². The van der Waals surface area contributed by atoms with Crippen molar-refractivity contribution in [3.05, 3.63) is 46.0 Å². The molecule has 23 heavy (non-hydrogen) atoms. The Labute approximate surface area is 140 Å². The van der Waals surface area contributed by atoms with Gasteiger partial charge in [-0.05, 0) is 37.4 Å². The predicted molar refractivity (Wildman–Crippen MR) is 91.9 cm³/mol. The van der Waals surface area contributed by atoms with Crippen molar-refractivity contribution in [2.24, 2.45) is 7.05 Å². The van der Waals surface area contributed by atoms with Crippen molar-refractivity contribution >= 4 is 24.2 Å². The maximum Gasteiger partial charge on any atom is 0.244 e. The summed E-state index contributed by atoms with van der Waals surface area (Å²) in [7, 11) is 3.45. The quantitative estimate of drug-likeness (QED) is 0.628. The molecule has 1 heterocycles. The monoisotopic (exact) mass is 332 g/mol. The molecule has 0 fully saturated rings. The third kappa shape index (κ3) is 4.53. The molecular formula is C16H20N4O2S. The summed E-state index contributed by atoms with van der Waals surface area (Å²) >= 11 is 5.04. The van der Waals surface area contributed by atoms with Crippen LogP contribution in [0, 0.1) is 11.7 Å². The van der Waals surface area contributed by atoms with E-state index in [1.165, 1.54) is 6.08 Å². The highest BCUT2D eigenvalue weighted by molar-refractivity contribution is 7.71. The molecule has 0 bridgehead atoms. The van der Waals surface area contributed by atoms with E-state index in [1.54, 1.807) is 17.8 Å². The number of ether oxygens (including phenoxy) is 1. The number of nitrogens with zero attached hydrogens (tertiary/aromatic N) is 2. The number of hydrogen-bond donors (Lipinski definition) is 2. The maximum atomic E-state index is 11.9. The molecule has 0 saturated carbocycles. The fraction of sp³-hybridized carbons (Fsp3) is 0.312. The molecule has 1 amide bonds. The second-order valence-electron chi connectivity index (χ2n) is 5.12. The zero-order chi connectivity index (χ0) is 16.8. The average Bonchev–Trinajstić information content (AvgIpc) is 2.85. The number of rotatable bonds is 6. The molecule has 1 aromatic carbocycles. The van der Waals surface area contributed by atoms with Gasteiger partial charge in [0.15, 0.2) is 4.77 Å². The van der Waals surface area contributed by atoms with Gasteiger partial charge in [-0.1, -0.05) is 11.6 Å². The molecule has 2 rings (SSSR count). The minimum absolute atomic E-state index is 0.162. The zero-order valence-electron chi connectivity index (χ0n) is 13.4. The minimum atomic E-state index is -0.162. The van der Waals surface area contributed by atoms with Crippen molar-refractivity contribution in [1.29, 1.82) is 0 Å². The third-order valence-electron chi connectivity index (χ3n) is 3.42. The Bertz CT molecular complexity index is 777. The standard InChI is InChI=1S/C16H20N4O2S/c1-11-4-6-13(22-3)12(10-11)5-7-15(21)17-9-8-14-18-19-16(23)20(14)2/h4-7,10H,8-9H2,1-3H3,(H,17,21)(H,19,23). The number of carbonyl (C=O) groups is 1. The summed E-state index contributed by atoms with van der Waals surface area (Å²) in [5.41, 5.74) is 1.98. The molecule has 7 heteroatoms. The highest BCUT2D eigenvalue weighted by Gasteiger charge is 2.04. The fourth-order valence-corrected chi connectivity index (χ4v) is 2.26. The van der Waals surface area contributed by atoms with Crippen LogP contribution < -0.4 is 10.1 Å². The summed E-state index contributed by atoms with van der Waals surface area (Å²) in [4.78, 5) is 11.9. The molecule has 0 atom stereocenters. The number of aryl methyl sites for hydroxylation is 1. The van der Waals surface area contributed by atoms with Crippen molar-refractivity contribution in [3.8, 4) is 5.75 Å². The van der Waals surface area contributed by atoms with E-state index in [0.29, 0.717) is 17.7 Å². The van der Waals surface area contributed by atoms with E-state index < -0.39 is 0 Å². The zero-order valence-corrected chi connectivity index (χ0v) is 14.2. The van der Waals surface area contributed by atoms with E-state index in [1.807, 2.05) is 32.2 Å². The van der Waals surface area contributed by atoms with Crippen LogP contribution in [0.1, 0.15) is 17.0 Å². The summed E-state index contributed by atoms with van der Waals surface area (Å²) in [6.07, 6.45) is 3.86. The van der Waals surface area contributed by atoms with Crippen LogP contribution in [0.15, 0.2) is 24.3 Å². The van der Waals surface area contributed by atoms with Gasteiger partial charge in [0.05, 0.1) is 7.11 Å². The second kappa shape index (κ2) is 7.73. The lowest BCUT2D eigenvalue weighted by Crippen LogP contribution is -2.24. The Balaban J connectivity index is 1.91. The van der Waals surface area contributed by atoms with Crippen molar-refractivity contribution in [3.63, 3.8) is 0 Å². The normalized spacial score (nSPS) is 10.9. The van der Waals surface area contributed by atoms with Crippen LogP contribution in [0.3, 0.4) is 0 Å². The molecule has 2 N–H and O–H groups in total. The molecule has 0 spiro atoms. The molecule has 0 aliphatic carbocycles. The van der Waals surface area contributed by atoms with Crippen LogP contribution in [-0.4, -0.2) is 34.3 Å². The first kappa shape index (κ1) is 17.0. The molecule has 2 aromatic rings. The van der Waals surface area contributed by atoms with Gasteiger partial charge >= 0.3 is 0 Å². The number of aromatic amines is 1. The first-order valence-corrected chi connectivity index (χ1v) is 7.63. The fourth-order valence-electron chi connectivity index (χ4n) is 2.11. The summed E-state index contributed by atoms with van der Waals surface area (Å²) in [5, 5.41) is 9.64. The van der Waals surface area contributed by atoms with E-state index in [0.717, 1.165) is 22.7 Å². The largest absolute Gasteiger partial charge is 0.496 e. The molecular weight excluding hydrogens is 312 g/mol. The first-order valence-electron chi connectivity index (χ1n) is 7.22. The van der Waals surface area contributed by atoms with Crippen LogP contribution in [0.5, 0.6) is 5.75 Å². The lowest BCUT2D eigenvalue weighted by Gasteiger charge is -2.06. The first-order chi connectivity index (χ1) is 11.0. The molecule has 122 valence electrons. The van der Waals surface area contributed by atoms with Crippen LogP contribution >= 0.6 is 12.2 Å². The van der Waals surface area contributed by atoms with E-state index in [2.05, 4.69) is 15.5 Å². The van der Waals surface area contributed by atoms with Crippen molar-refractivity contribution < 1.29 is 9.53 Å². The summed E-state index contributed by atoms with van der Waals surface area (Å²) in [5.74, 6) is 1.38. The van der Waals surface area contributed by atoms with Gasteiger partial charge in [0.2, 0.25) is 5.91 Å². The summed E-state index contributed by atoms with van der Waals surface area (Å²) in [6.45, 7) is 2.48. The lowest BCUT2D eigenvalue weighted by atomic mass is 10.1. The summed E-state index contributed by atoms with van der Waals surface area (Å²) < 4.78 is 7.63. The number of hydrogen-bond acceptors (Lipinski definition) is 4. The van der Waals surface area contributed by atoms with E-state index in [-0.39, 0.29) is 5.91 Å². The predicted octanol–water partition coefficient (Wildman–Crippen LogP) is 2.17. The SMILES string of the molecule is COc1ccc(C)cc1C=CC(=O)NCCc1n[nH]c(=S)n1C. The molecule has 0 radical (unpaired) electrons. The van der Waals surface area contributed by atoms with Gasteiger partial charge in [0.1, 0.15) is 11.6 Å². The highest BCUT2D eigenvalue weighted by atomic mass is 32.1. The number of aromatic nitrogens is 3. The number of H-pyrrole nitrogens is 1. The van der Waals surface area contributed by atoms with Gasteiger partial charge in [-0.15, -0.1) is 0 Å². The highest BCUT2D eigenvalue weighted by Crippen LogP contribution is 2.20. The minimum Gasteiger partial charge on any atom is -0.496 e. The van der Waals surface area contributed by atoms with Gasteiger partial charge in [0.25, 0.3) is 0 Å². The maximum absolute atomic E-state index is 11.9. The Kier molecular flexibility index (Phi) is 5.70. The van der Waals surface area contributed by atoms with E-state index in [9.17, 15) is 4.79 Å². The van der Waals surface area contributed by atoms with Crippen molar-refractivity contribution in [2.45, 2.75) is 13.3 Å². The van der Waals surface area contributed by atoms with Gasteiger partial charge in [-0.25, -0.2) is 0 Å². The van der Waals surface area contributed by atoms with Crippen LogP contribution in [-0.2, 0) is 18.3 Å².